The van der Waals surface area contributed by atoms with Crippen molar-refractivity contribution in [3.8, 4) is 11.4 Å². The Hall–Kier alpha value is -2.86. The van der Waals surface area contributed by atoms with E-state index in [0.29, 0.717) is 15.3 Å². The van der Waals surface area contributed by atoms with Gasteiger partial charge in [0.1, 0.15) is 0 Å². The Labute approximate surface area is 141 Å². The maximum Gasteiger partial charge on any atom is 0.291 e. The maximum atomic E-state index is 12.5. The van der Waals surface area contributed by atoms with E-state index in [4.69, 9.17) is 0 Å². The molecule has 5 nitrogen and oxygen atoms in total. The minimum atomic E-state index is -0.141. The van der Waals surface area contributed by atoms with E-state index in [1.807, 2.05) is 30.3 Å². The largest absolute Gasteiger partial charge is 0.291 e. The van der Waals surface area contributed by atoms with Crippen molar-refractivity contribution in [1.82, 2.24) is 19.6 Å². The van der Waals surface area contributed by atoms with E-state index in [9.17, 15) is 4.79 Å². The molecule has 4 rings (SSSR count). The van der Waals surface area contributed by atoms with Crippen LogP contribution in [-0.2, 0) is 6.42 Å². The summed E-state index contributed by atoms with van der Waals surface area (Å²) >= 11 is 1.35. The van der Waals surface area contributed by atoms with Gasteiger partial charge >= 0.3 is 0 Å². The van der Waals surface area contributed by atoms with Crippen LogP contribution in [0.4, 0.5) is 0 Å². The van der Waals surface area contributed by atoms with Gasteiger partial charge < -0.3 is 0 Å². The maximum absolute atomic E-state index is 12.5. The summed E-state index contributed by atoms with van der Waals surface area (Å²) in [7, 11) is 0. The van der Waals surface area contributed by atoms with E-state index in [0.717, 1.165) is 17.5 Å². The molecule has 6 heteroatoms. The molecule has 4 aromatic rings. The number of rotatable bonds is 3. The van der Waals surface area contributed by atoms with Crippen LogP contribution in [0.3, 0.4) is 0 Å². The van der Waals surface area contributed by atoms with Gasteiger partial charge in [-0.25, -0.2) is 0 Å². The lowest BCUT2D eigenvalue weighted by molar-refractivity contribution is 0.936. The molecule has 0 fully saturated rings. The molecule has 0 radical (unpaired) electrons. The summed E-state index contributed by atoms with van der Waals surface area (Å²) < 4.78 is 1.99. The van der Waals surface area contributed by atoms with Gasteiger partial charge in [-0.3, -0.25) is 9.78 Å². The Morgan fingerprint density at radius 3 is 2.71 bits per heavy atom. The molecule has 0 aliphatic heterocycles. The highest BCUT2D eigenvalue weighted by molar-refractivity contribution is 7.15. The van der Waals surface area contributed by atoms with E-state index in [1.165, 1.54) is 21.4 Å². The van der Waals surface area contributed by atoms with Gasteiger partial charge in [0.25, 0.3) is 5.56 Å². The van der Waals surface area contributed by atoms with Crippen LogP contribution < -0.4 is 10.1 Å². The van der Waals surface area contributed by atoms with E-state index < -0.39 is 0 Å². The second kappa shape index (κ2) is 5.98. The number of benzene rings is 1. The van der Waals surface area contributed by atoms with Crippen LogP contribution >= 0.6 is 11.3 Å². The summed E-state index contributed by atoms with van der Waals surface area (Å²) in [5, 5.41) is 4.32. The van der Waals surface area contributed by atoms with Crippen LogP contribution in [0, 0.1) is 0 Å². The first-order chi connectivity index (χ1) is 11.7. The van der Waals surface area contributed by atoms with Crippen LogP contribution in [0.5, 0.6) is 0 Å². The molecule has 0 spiro atoms. The number of aromatic nitrogens is 4. The lowest BCUT2D eigenvalue weighted by Crippen LogP contribution is -2.23. The molecule has 0 saturated carbocycles. The molecule has 0 amide bonds. The summed E-state index contributed by atoms with van der Waals surface area (Å²) in [6.45, 7) is 2.12. The Balaban J connectivity index is 1.78. The van der Waals surface area contributed by atoms with Crippen molar-refractivity contribution in [3.05, 3.63) is 74.8 Å². The highest BCUT2D eigenvalue weighted by Crippen LogP contribution is 2.14. The van der Waals surface area contributed by atoms with E-state index >= 15 is 0 Å². The summed E-state index contributed by atoms with van der Waals surface area (Å²) in [5.74, 6) is 0.519. The van der Waals surface area contributed by atoms with Crippen molar-refractivity contribution < 1.29 is 0 Å². The van der Waals surface area contributed by atoms with Gasteiger partial charge in [0.2, 0.25) is 4.96 Å². The minimum Gasteiger partial charge on any atom is -0.266 e. The van der Waals surface area contributed by atoms with Crippen molar-refractivity contribution in [2.45, 2.75) is 13.3 Å². The average Bonchev–Trinajstić information content (AvgIpc) is 3.17. The zero-order valence-electron chi connectivity index (χ0n) is 13.0. The fourth-order valence-corrected chi connectivity index (χ4v) is 3.36. The van der Waals surface area contributed by atoms with Gasteiger partial charge in [-0.2, -0.15) is 9.50 Å². The Kier molecular flexibility index (Phi) is 3.66. The number of pyridine rings is 1. The van der Waals surface area contributed by atoms with Gasteiger partial charge in [-0.1, -0.05) is 42.5 Å². The summed E-state index contributed by atoms with van der Waals surface area (Å²) in [6.07, 6.45) is 6.26. The standard InChI is InChI=1S/C18H14N4OS/c1-2-12-5-7-13(8-6-12)10-15-17(23)22-18(24-15)20-16(21-22)14-4-3-9-19-11-14/h3-11H,2H2,1H3. The van der Waals surface area contributed by atoms with Gasteiger partial charge in [0, 0.05) is 18.0 Å². The van der Waals surface area contributed by atoms with Crippen LogP contribution in [-0.4, -0.2) is 19.6 Å². The molecule has 0 aliphatic carbocycles. The fraction of sp³-hybridized carbons (Fsp3) is 0.111. The zero-order chi connectivity index (χ0) is 16.5. The molecule has 3 heterocycles. The number of hydrogen-bond acceptors (Lipinski definition) is 5. The van der Waals surface area contributed by atoms with Crippen molar-refractivity contribution in [1.29, 1.82) is 0 Å². The molecule has 0 bridgehead atoms. The second-order valence-electron chi connectivity index (χ2n) is 5.38. The summed E-state index contributed by atoms with van der Waals surface area (Å²) in [6, 6.07) is 11.9. The fourth-order valence-electron chi connectivity index (χ4n) is 2.45. The van der Waals surface area contributed by atoms with Gasteiger partial charge in [-0.15, -0.1) is 5.10 Å². The number of thiazole rings is 1. The molecule has 0 atom stereocenters. The monoisotopic (exact) mass is 334 g/mol. The quantitative estimate of drug-likeness (QED) is 0.577. The third-order valence-electron chi connectivity index (χ3n) is 3.79. The summed E-state index contributed by atoms with van der Waals surface area (Å²) in [5.41, 5.74) is 2.94. The first kappa shape index (κ1) is 14.7. The highest BCUT2D eigenvalue weighted by atomic mass is 32.1. The van der Waals surface area contributed by atoms with Crippen LogP contribution in [0.15, 0.2) is 53.6 Å². The van der Waals surface area contributed by atoms with Crippen molar-refractivity contribution in [3.63, 3.8) is 0 Å². The number of hydrogen-bond donors (Lipinski definition) is 0. The van der Waals surface area contributed by atoms with E-state index in [1.54, 1.807) is 12.4 Å². The molecule has 0 saturated heterocycles. The predicted octanol–water partition coefficient (Wildman–Crippen LogP) is 2.32. The third kappa shape index (κ3) is 2.61. The number of aryl methyl sites for hydroxylation is 1. The van der Waals surface area contributed by atoms with E-state index in [2.05, 4.69) is 34.1 Å². The molecule has 0 aliphatic rings. The number of fused-ring (bicyclic) bond motifs is 1. The van der Waals surface area contributed by atoms with Gasteiger partial charge in [0.05, 0.1) is 4.53 Å². The Morgan fingerprint density at radius 2 is 2.04 bits per heavy atom. The molecule has 0 N–H and O–H groups in total. The van der Waals surface area contributed by atoms with Crippen molar-refractivity contribution in [2.75, 3.05) is 0 Å². The minimum absolute atomic E-state index is 0.141. The third-order valence-corrected chi connectivity index (χ3v) is 4.75. The Bertz CT molecular complexity index is 1100. The zero-order valence-corrected chi connectivity index (χ0v) is 13.8. The SMILES string of the molecule is CCc1ccc(C=c2sc3nc(-c4cccnc4)nn3c2=O)cc1. The molecule has 118 valence electrons. The van der Waals surface area contributed by atoms with Gasteiger partial charge in [-0.05, 0) is 35.8 Å². The van der Waals surface area contributed by atoms with Crippen LogP contribution in [0.1, 0.15) is 18.1 Å². The first-order valence-corrected chi connectivity index (χ1v) is 8.47. The highest BCUT2D eigenvalue weighted by Gasteiger charge is 2.11. The molecule has 0 unspecified atom stereocenters. The van der Waals surface area contributed by atoms with E-state index in [-0.39, 0.29) is 5.56 Å². The summed E-state index contributed by atoms with van der Waals surface area (Å²) in [4.78, 5) is 21.6. The topological polar surface area (TPSA) is 60.1 Å². The lowest BCUT2D eigenvalue weighted by Gasteiger charge is -1.96. The predicted molar refractivity (Wildman–Crippen MR) is 95.0 cm³/mol. The number of nitrogens with zero attached hydrogens (tertiary/aromatic N) is 4. The molecule has 1 aromatic carbocycles. The normalized spacial score (nSPS) is 12.1. The van der Waals surface area contributed by atoms with Crippen molar-refractivity contribution >= 4 is 22.4 Å². The second-order valence-corrected chi connectivity index (χ2v) is 6.39. The van der Waals surface area contributed by atoms with Crippen molar-refractivity contribution in [2.24, 2.45) is 0 Å². The molecular formula is C18H14N4OS. The molecular weight excluding hydrogens is 320 g/mol. The molecule has 24 heavy (non-hydrogen) atoms. The average molecular weight is 334 g/mol. The molecule has 3 aromatic heterocycles. The first-order valence-electron chi connectivity index (χ1n) is 7.65. The Morgan fingerprint density at radius 1 is 1.21 bits per heavy atom. The smallest absolute Gasteiger partial charge is 0.266 e. The van der Waals surface area contributed by atoms with Crippen LogP contribution in [0.2, 0.25) is 0 Å². The van der Waals surface area contributed by atoms with Crippen LogP contribution in [0.25, 0.3) is 22.4 Å². The van der Waals surface area contributed by atoms with Gasteiger partial charge in [0.15, 0.2) is 5.82 Å². The lowest BCUT2D eigenvalue weighted by atomic mass is 10.1.